The van der Waals surface area contributed by atoms with E-state index < -0.39 is 0 Å². The van der Waals surface area contributed by atoms with Crippen LogP contribution >= 0.6 is 0 Å². The molecule has 0 spiro atoms. The topological polar surface area (TPSA) is 29.5 Å². The van der Waals surface area contributed by atoms with Crippen LogP contribution in [0.4, 0.5) is 0 Å². The molecule has 1 saturated heterocycles. The molecule has 0 bridgehead atoms. The van der Waals surface area contributed by atoms with Crippen LogP contribution in [0.5, 0.6) is 0 Å². The second kappa shape index (κ2) is 7.00. The van der Waals surface area contributed by atoms with Crippen molar-refractivity contribution < 1.29 is 9.53 Å². The molecule has 0 saturated carbocycles. The molecule has 0 aliphatic carbocycles. The number of nitrogens with zero attached hydrogens (tertiary/aromatic N) is 1. The summed E-state index contributed by atoms with van der Waals surface area (Å²) in [6.45, 7) is 7.53. The normalized spacial score (nSPS) is 17.4. The molecule has 0 amide bonds. The van der Waals surface area contributed by atoms with Gasteiger partial charge in [0, 0.05) is 19.3 Å². The van der Waals surface area contributed by atoms with E-state index in [0.717, 1.165) is 38.1 Å². The molecule has 1 fully saturated rings. The van der Waals surface area contributed by atoms with E-state index in [2.05, 4.69) is 18.7 Å². The lowest BCUT2D eigenvalue weighted by molar-refractivity contribution is 0.0809. The monoisotopic (exact) mass is 275 g/mol. The molecule has 0 unspecified atom stereocenters. The summed E-state index contributed by atoms with van der Waals surface area (Å²) in [4.78, 5) is 14.6. The molecule has 1 aromatic carbocycles. The Morgan fingerprint density at radius 1 is 1.25 bits per heavy atom. The minimum atomic E-state index is 0.235. The summed E-state index contributed by atoms with van der Waals surface area (Å²) in [7, 11) is 1.76. The van der Waals surface area contributed by atoms with Crippen LogP contribution < -0.4 is 0 Å². The summed E-state index contributed by atoms with van der Waals surface area (Å²) >= 11 is 0. The third-order valence-corrected chi connectivity index (χ3v) is 4.31. The maximum absolute atomic E-state index is 12.3. The van der Waals surface area contributed by atoms with E-state index in [1.807, 2.05) is 18.2 Å². The lowest BCUT2D eigenvalue weighted by Gasteiger charge is -2.31. The third kappa shape index (κ3) is 3.90. The molecule has 1 aromatic rings. The Balaban J connectivity index is 1.87. The van der Waals surface area contributed by atoms with Crippen LogP contribution in [0.2, 0.25) is 0 Å². The maximum Gasteiger partial charge on any atom is 0.176 e. The van der Waals surface area contributed by atoms with Crippen molar-refractivity contribution in [3.8, 4) is 0 Å². The van der Waals surface area contributed by atoms with Gasteiger partial charge < -0.3 is 4.74 Å². The first-order chi connectivity index (χ1) is 9.60. The maximum atomic E-state index is 12.3. The van der Waals surface area contributed by atoms with Gasteiger partial charge in [-0.3, -0.25) is 9.69 Å². The standard InChI is InChI=1S/C17H25NO2/c1-13-4-5-16(10-14(13)2)17(19)11-18-8-6-15(7-9-18)12-20-3/h4-5,10,15H,6-9,11-12H2,1-3H3. The van der Waals surface area contributed by atoms with Crippen molar-refractivity contribution in [1.29, 1.82) is 0 Å². The van der Waals surface area contributed by atoms with Gasteiger partial charge in [-0.1, -0.05) is 12.1 Å². The summed E-state index contributed by atoms with van der Waals surface area (Å²) in [6, 6.07) is 5.99. The van der Waals surface area contributed by atoms with E-state index in [1.165, 1.54) is 11.1 Å². The van der Waals surface area contributed by atoms with Gasteiger partial charge in [-0.05, 0) is 62.9 Å². The molecule has 3 heteroatoms. The van der Waals surface area contributed by atoms with Gasteiger partial charge >= 0.3 is 0 Å². The highest BCUT2D eigenvalue weighted by molar-refractivity contribution is 5.97. The van der Waals surface area contributed by atoms with Gasteiger partial charge in [0.05, 0.1) is 6.54 Å². The van der Waals surface area contributed by atoms with E-state index in [0.29, 0.717) is 12.5 Å². The van der Waals surface area contributed by atoms with E-state index in [4.69, 9.17) is 4.74 Å². The molecule has 110 valence electrons. The number of likely N-dealkylation sites (tertiary alicyclic amines) is 1. The quantitative estimate of drug-likeness (QED) is 0.774. The van der Waals surface area contributed by atoms with Crippen LogP contribution in [-0.4, -0.2) is 44.0 Å². The molecule has 2 rings (SSSR count). The molecule has 1 heterocycles. The average Bonchev–Trinajstić information content (AvgIpc) is 2.44. The van der Waals surface area contributed by atoms with Gasteiger partial charge in [0.15, 0.2) is 5.78 Å². The van der Waals surface area contributed by atoms with Crippen LogP contribution in [0, 0.1) is 19.8 Å². The van der Waals surface area contributed by atoms with Gasteiger partial charge in [-0.25, -0.2) is 0 Å². The zero-order valence-electron chi connectivity index (χ0n) is 12.8. The first kappa shape index (κ1) is 15.2. The summed E-state index contributed by atoms with van der Waals surface area (Å²) in [6.07, 6.45) is 2.27. The van der Waals surface area contributed by atoms with Crippen molar-refractivity contribution in [3.63, 3.8) is 0 Å². The SMILES string of the molecule is COCC1CCN(CC(=O)c2ccc(C)c(C)c2)CC1. The highest BCUT2D eigenvalue weighted by atomic mass is 16.5. The largest absolute Gasteiger partial charge is 0.384 e. The molecular formula is C17H25NO2. The van der Waals surface area contributed by atoms with Crippen molar-refractivity contribution in [3.05, 3.63) is 34.9 Å². The number of ether oxygens (including phenoxy) is 1. The number of benzene rings is 1. The van der Waals surface area contributed by atoms with Gasteiger partial charge in [0.1, 0.15) is 0 Å². The fourth-order valence-electron chi connectivity index (χ4n) is 2.76. The van der Waals surface area contributed by atoms with E-state index in [9.17, 15) is 4.79 Å². The van der Waals surface area contributed by atoms with Crippen molar-refractivity contribution >= 4 is 5.78 Å². The molecule has 3 nitrogen and oxygen atoms in total. The predicted molar refractivity (Wildman–Crippen MR) is 81.3 cm³/mol. The summed E-state index contributed by atoms with van der Waals surface area (Å²) in [5, 5.41) is 0. The van der Waals surface area contributed by atoms with Crippen LogP contribution in [-0.2, 0) is 4.74 Å². The number of hydrogen-bond donors (Lipinski definition) is 0. The number of hydrogen-bond acceptors (Lipinski definition) is 3. The number of Topliss-reactive ketones (excluding diaryl/α,β-unsaturated/α-hetero) is 1. The van der Waals surface area contributed by atoms with Crippen LogP contribution in [0.15, 0.2) is 18.2 Å². The van der Waals surface area contributed by atoms with Crippen molar-refractivity contribution in [2.45, 2.75) is 26.7 Å². The second-order valence-corrected chi connectivity index (χ2v) is 5.90. The van der Waals surface area contributed by atoms with Crippen LogP contribution in [0.1, 0.15) is 34.3 Å². The Hall–Kier alpha value is -1.19. The highest BCUT2D eigenvalue weighted by Gasteiger charge is 2.21. The lowest BCUT2D eigenvalue weighted by Crippen LogP contribution is -2.38. The minimum absolute atomic E-state index is 0.235. The third-order valence-electron chi connectivity index (χ3n) is 4.31. The van der Waals surface area contributed by atoms with Gasteiger partial charge in [-0.15, -0.1) is 0 Å². The molecule has 0 atom stereocenters. The molecule has 1 aliphatic rings. The Morgan fingerprint density at radius 2 is 1.95 bits per heavy atom. The van der Waals surface area contributed by atoms with E-state index in [-0.39, 0.29) is 5.78 Å². The minimum Gasteiger partial charge on any atom is -0.384 e. The van der Waals surface area contributed by atoms with Crippen LogP contribution in [0.25, 0.3) is 0 Å². The fraction of sp³-hybridized carbons (Fsp3) is 0.588. The summed E-state index contributed by atoms with van der Waals surface area (Å²) in [5.74, 6) is 0.895. The predicted octanol–water partition coefficient (Wildman–Crippen LogP) is 2.84. The number of methoxy groups -OCH3 is 1. The number of aryl methyl sites for hydroxylation is 2. The van der Waals surface area contributed by atoms with Crippen molar-refractivity contribution in [2.75, 3.05) is 33.4 Å². The Morgan fingerprint density at radius 3 is 2.55 bits per heavy atom. The summed E-state index contributed by atoms with van der Waals surface area (Å²) in [5.41, 5.74) is 3.27. The first-order valence-corrected chi connectivity index (χ1v) is 7.42. The Labute approximate surface area is 121 Å². The van der Waals surface area contributed by atoms with Crippen molar-refractivity contribution in [2.24, 2.45) is 5.92 Å². The number of carbonyl (C=O) groups excluding carboxylic acids is 1. The Bertz CT molecular complexity index is 462. The molecule has 0 aromatic heterocycles. The van der Waals surface area contributed by atoms with E-state index in [1.54, 1.807) is 7.11 Å². The number of carbonyl (C=O) groups is 1. The molecule has 0 N–H and O–H groups in total. The van der Waals surface area contributed by atoms with Gasteiger partial charge in [0.25, 0.3) is 0 Å². The van der Waals surface area contributed by atoms with Crippen LogP contribution in [0.3, 0.4) is 0 Å². The summed E-state index contributed by atoms with van der Waals surface area (Å²) < 4.78 is 5.21. The lowest BCUT2D eigenvalue weighted by atomic mass is 9.97. The average molecular weight is 275 g/mol. The fourth-order valence-corrected chi connectivity index (χ4v) is 2.76. The van der Waals surface area contributed by atoms with Gasteiger partial charge in [-0.2, -0.15) is 0 Å². The highest BCUT2D eigenvalue weighted by Crippen LogP contribution is 2.18. The zero-order valence-corrected chi connectivity index (χ0v) is 12.8. The molecule has 0 radical (unpaired) electrons. The number of ketones is 1. The van der Waals surface area contributed by atoms with Crippen molar-refractivity contribution in [1.82, 2.24) is 4.90 Å². The number of piperidine rings is 1. The first-order valence-electron chi connectivity index (χ1n) is 7.42. The molecule has 1 aliphatic heterocycles. The smallest absolute Gasteiger partial charge is 0.176 e. The number of rotatable bonds is 5. The Kier molecular flexibility index (Phi) is 5.32. The zero-order chi connectivity index (χ0) is 14.5. The van der Waals surface area contributed by atoms with E-state index >= 15 is 0 Å². The van der Waals surface area contributed by atoms with Gasteiger partial charge in [0.2, 0.25) is 0 Å². The second-order valence-electron chi connectivity index (χ2n) is 5.90. The molecule has 20 heavy (non-hydrogen) atoms. The molecular weight excluding hydrogens is 250 g/mol.